The van der Waals surface area contributed by atoms with E-state index in [0.29, 0.717) is 11.2 Å². The molecule has 0 unspecified atom stereocenters. The highest BCUT2D eigenvalue weighted by Gasteiger charge is 2.45. The molecule has 1 saturated heterocycles. The normalized spacial score (nSPS) is 18.3. The molecular weight excluding hydrogens is 240 g/mol. The lowest BCUT2D eigenvalue weighted by atomic mass is 9.92. The number of carbonyl (C=O) groups is 2. The summed E-state index contributed by atoms with van der Waals surface area (Å²) >= 11 is 0. The van der Waals surface area contributed by atoms with E-state index in [0.717, 1.165) is 5.39 Å². The number of carbonyl (C=O) groups excluding carboxylic acids is 2. The van der Waals surface area contributed by atoms with E-state index < -0.39 is 5.41 Å². The Morgan fingerprint density at radius 3 is 2.58 bits per heavy atom. The monoisotopic (exact) mass is 254 g/mol. The highest BCUT2D eigenvalue weighted by atomic mass is 16.2. The number of para-hydroxylation sites is 1. The van der Waals surface area contributed by atoms with Crippen molar-refractivity contribution in [3.05, 3.63) is 36.5 Å². The van der Waals surface area contributed by atoms with Crippen LogP contribution < -0.4 is 4.90 Å². The van der Waals surface area contributed by atoms with Crippen molar-refractivity contribution in [3.63, 3.8) is 0 Å². The second kappa shape index (κ2) is 3.88. The maximum atomic E-state index is 12.4. The summed E-state index contributed by atoms with van der Waals surface area (Å²) in [6.07, 6.45) is 1.91. The minimum Gasteiger partial charge on any atom is -0.274 e. The molecule has 2 amide bonds. The first-order chi connectivity index (χ1) is 9.00. The quantitative estimate of drug-likeness (QED) is 0.735. The Hall–Kier alpha value is -2.23. The molecule has 19 heavy (non-hydrogen) atoms. The zero-order valence-electron chi connectivity index (χ0n) is 10.9. The number of nitrogens with zero attached hydrogens (tertiary/aromatic N) is 2. The van der Waals surface area contributed by atoms with Crippen LogP contribution in [0.25, 0.3) is 10.9 Å². The van der Waals surface area contributed by atoms with Gasteiger partial charge in [-0.2, -0.15) is 0 Å². The van der Waals surface area contributed by atoms with E-state index in [9.17, 15) is 9.59 Å². The molecule has 4 nitrogen and oxygen atoms in total. The van der Waals surface area contributed by atoms with Gasteiger partial charge in [0.15, 0.2) is 0 Å². The van der Waals surface area contributed by atoms with Gasteiger partial charge in [-0.05, 0) is 12.1 Å². The molecule has 1 aliphatic heterocycles. The third-order valence-corrected chi connectivity index (χ3v) is 3.48. The number of hydrogen-bond acceptors (Lipinski definition) is 3. The van der Waals surface area contributed by atoms with Crippen molar-refractivity contribution in [3.8, 4) is 0 Å². The Balaban J connectivity index is 2.21. The Kier molecular flexibility index (Phi) is 2.42. The van der Waals surface area contributed by atoms with E-state index in [1.807, 2.05) is 24.3 Å². The van der Waals surface area contributed by atoms with E-state index in [2.05, 4.69) is 4.98 Å². The van der Waals surface area contributed by atoms with Crippen LogP contribution in [0.5, 0.6) is 0 Å². The van der Waals surface area contributed by atoms with Gasteiger partial charge in [0.2, 0.25) is 11.8 Å². The molecule has 2 aromatic rings. The van der Waals surface area contributed by atoms with Crippen LogP contribution >= 0.6 is 0 Å². The number of benzene rings is 1. The van der Waals surface area contributed by atoms with Gasteiger partial charge in [0.25, 0.3) is 0 Å². The predicted molar refractivity (Wildman–Crippen MR) is 72.6 cm³/mol. The van der Waals surface area contributed by atoms with Crippen LogP contribution in [0.2, 0.25) is 0 Å². The van der Waals surface area contributed by atoms with E-state index >= 15 is 0 Å². The maximum Gasteiger partial charge on any atom is 0.240 e. The van der Waals surface area contributed by atoms with E-state index in [1.165, 1.54) is 4.90 Å². The van der Waals surface area contributed by atoms with Crippen LogP contribution in [0, 0.1) is 5.41 Å². The highest BCUT2D eigenvalue weighted by Crippen LogP contribution is 2.37. The van der Waals surface area contributed by atoms with Gasteiger partial charge in [-0.1, -0.05) is 32.0 Å². The topological polar surface area (TPSA) is 50.3 Å². The lowest BCUT2D eigenvalue weighted by molar-refractivity contribution is -0.124. The SMILES string of the molecule is CC1(C)CC(=O)N(c2cccc3cccnc23)C1=O. The predicted octanol–water partition coefficient (Wildman–Crippen LogP) is 2.52. The van der Waals surface area contributed by atoms with Crippen LogP contribution in [0.1, 0.15) is 20.3 Å². The fourth-order valence-corrected chi connectivity index (χ4v) is 2.46. The van der Waals surface area contributed by atoms with E-state index in [1.54, 1.807) is 26.1 Å². The van der Waals surface area contributed by atoms with Gasteiger partial charge in [0, 0.05) is 18.0 Å². The fraction of sp³-hybridized carbons (Fsp3) is 0.267. The fourth-order valence-electron chi connectivity index (χ4n) is 2.46. The van der Waals surface area contributed by atoms with Crippen LogP contribution in [-0.4, -0.2) is 16.8 Å². The Morgan fingerprint density at radius 1 is 1.16 bits per heavy atom. The average Bonchev–Trinajstić information content (AvgIpc) is 2.58. The van der Waals surface area contributed by atoms with Crippen molar-refractivity contribution in [2.45, 2.75) is 20.3 Å². The minimum absolute atomic E-state index is 0.157. The second-order valence-electron chi connectivity index (χ2n) is 5.45. The largest absolute Gasteiger partial charge is 0.274 e. The number of hydrogen-bond donors (Lipinski definition) is 0. The molecule has 0 aliphatic carbocycles. The number of pyridine rings is 1. The van der Waals surface area contributed by atoms with Gasteiger partial charge in [0.05, 0.1) is 16.6 Å². The molecule has 96 valence electrons. The van der Waals surface area contributed by atoms with Crippen molar-refractivity contribution in [2.75, 3.05) is 4.90 Å². The summed E-state index contributed by atoms with van der Waals surface area (Å²) in [4.78, 5) is 30.1. The molecule has 0 radical (unpaired) electrons. The first-order valence-electron chi connectivity index (χ1n) is 6.22. The van der Waals surface area contributed by atoms with E-state index in [-0.39, 0.29) is 18.2 Å². The second-order valence-corrected chi connectivity index (χ2v) is 5.45. The van der Waals surface area contributed by atoms with E-state index in [4.69, 9.17) is 0 Å². The van der Waals surface area contributed by atoms with Gasteiger partial charge in [-0.3, -0.25) is 14.6 Å². The first-order valence-corrected chi connectivity index (χ1v) is 6.22. The molecule has 1 aromatic heterocycles. The summed E-state index contributed by atoms with van der Waals surface area (Å²) in [5.74, 6) is -0.316. The zero-order chi connectivity index (χ0) is 13.6. The molecule has 0 atom stereocenters. The van der Waals surface area contributed by atoms with Crippen molar-refractivity contribution < 1.29 is 9.59 Å². The smallest absolute Gasteiger partial charge is 0.240 e. The van der Waals surface area contributed by atoms with Gasteiger partial charge < -0.3 is 0 Å². The highest BCUT2D eigenvalue weighted by molar-refractivity contribution is 6.24. The van der Waals surface area contributed by atoms with Crippen LogP contribution in [-0.2, 0) is 9.59 Å². The van der Waals surface area contributed by atoms with Gasteiger partial charge in [-0.15, -0.1) is 0 Å². The van der Waals surface area contributed by atoms with Gasteiger partial charge in [-0.25, -0.2) is 4.90 Å². The number of anilines is 1. The Bertz CT molecular complexity index is 686. The Morgan fingerprint density at radius 2 is 1.89 bits per heavy atom. The summed E-state index contributed by atoms with van der Waals surface area (Å²) in [5.41, 5.74) is 0.636. The van der Waals surface area contributed by atoms with Crippen molar-refractivity contribution in [1.29, 1.82) is 0 Å². The summed E-state index contributed by atoms with van der Waals surface area (Å²) in [6, 6.07) is 9.28. The molecule has 1 aromatic carbocycles. The zero-order valence-corrected chi connectivity index (χ0v) is 10.9. The number of rotatable bonds is 1. The van der Waals surface area contributed by atoms with Gasteiger partial charge >= 0.3 is 0 Å². The molecule has 3 rings (SSSR count). The van der Waals surface area contributed by atoms with Crippen molar-refractivity contribution in [1.82, 2.24) is 4.98 Å². The summed E-state index contributed by atoms with van der Waals surface area (Å²) < 4.78 is 0. The summed E-state index contributed by atoms with van der Waals surface area (Å²) in [6.45, 7) is 3.59. The minimum atomic E-state index is -0.631. The number of imide groups is 1. The standard InChI is InChI=1S/C15H14N2O2/c1-15(2)9-12(18)17(14(15)19)11-7-3-5-10-6-4-8-16-13(10)11/h3-8H,9H2,1-2H3. The molecule has 0 spiro atoms. The number of fused-ring (bicyclic) bond motifs is 1. The molecule has 4 heteroatoms. The maximum absolute atomic E-state index is 12.4. The molecule has 0 saturated carbocycles. The summed E-state index contributed by atoms with van der Waals surface area (Å²) in [5, 5.41) is 0.922. The number of amides is 2. The van der Waals surface area contributed by atoms with Crippen LogP contribution in [0.3, 0.4) is 0 Å². The molecule has 0 bridgehead atoms. The average molecular weight is 254 g/mol. The molecule has 1 fully saturated rings. The lowest BCUT2D eigenvalue weighted by Gasteiger charge is -2.18. The Labute approximate surface area is 111 Å². The first kappa shape index (κ1) is 11.8. The van der Waals surface area contributed by atoms with Crippen LogP contribution in [0.15, 0.2) is 36.5 Å². The molecule has 1 aliphatic rings. The molecule has 2 heterocycles. The third kappa shape index (κ3) is 1.71. The van der Waals surface area contributed by atoms with Crippen molar-refractivity contribution >= 4 is 28.4 Å². The van der Waals surface area contributed by atoms with Crippen LogP contribution in [0.4, 0.5) is 5.69 Å². The summed E-state index contributed by atoms with van der Waals surface area (Å²) in [7, 11) is 0. The van der Waals surface area contributed by atoms with Crippen molar-refractivity contribution in [2.24, 2.45) is 5.41 Å². The number of aromatic nitrogens is 1. The molecule has 0 N–H and O–H groups in total. The lowest BCUT2D eigenvalue weighted by Crippen LogP contribution is -2.33. The third-order valence-electron chi connectivity index (χ3n) is 3.48. The van der Waals surface area contributed by atoms with Gasteiger partial charge in [0.1, 0.15) is 0 Å². The molecular formula is C15H14N2O2.